The van der Waals surface area contributed by atoms with Gasteiger partial charge in [0.25, 0.3) is 0 Å². The van der Waals surface area contributed by atoms with E-state index in [1.54, 1.807) is 0 Å². The summed E-state index contributed by atoms with van der Waals surface area (Å²) in [5.74, 6) is 1.15. The monoisotopic (exact) mass is 280 g/mol. The van der Waals surface area contributed by atoms with E-state index in [-0.39, 0.29) is 0 Å². The number of nitrogens with two attached hydrogens (primary N) is 1. The first kappa shape index (κ1) is 13.3. The van der Waals surface area contributed by atoms with Crippen molar-refractivity contribution in [1.29, 1.82) is 0 Å². The molecule has 0 saturated heterocycles. The number of aromatic nitrogens is 3. The molecule has 0 saturated carbocycles. The minimum Gasteiger partial charge on any atom is -0.399 e. The van der Waals surface area contributed by atoms with Crippen molar-refractivity contribution in [3.63, 3.8) is 0 Å². The van der Waals surface area contributed by atoms with Gasteiger partial charge in [0, 0.05) is 17.8 Å². The second-order valence-electron chi connectivity index (χ2n) is 4.92. The fourth-order valence-electron chi connectivity index (χ4n) is 2.06. The molecule has 3 rings (SSSR count). The Hall–Kier alpha value is -2.69. The summed E-state index contributed by atoms with van der Waals surface area (Å²) in [5, 5.41) is 3.99. The third-order valence-electron chi connectivity index (χ3n) is 3.19. The summed E-state index contributed by atoms with van der Waals surface area (Å²) < 4.78 is 5.28. The van der Waals surface area contributed by atoms with E-state index in [0.717, 1.165) is 23.5 Å². The Kier molecular flexibility index (Phi) is 3.64. The van der Waals surface area contributed by atoms with Crippen molar-refractivity contribution in [3.8, 4) is 11.5 Å². The van der Waals surface area contributed by atoms with Gasteiger partial charge in [-0.15, -0.1) is 0 Å². The fourth-order valence-corrected chi connectivity index (χ4v) is 2.06. The molecule has 5 nitrogen and oxygen atoms in total. The summed E-state index contributed by atoms with van der Waals surface area (Å²) in [5.41, 5.74) is 9.29. The first-order valence-electron chi connectivity index (χ1n) is 6.82. The van der Waals surface area contributed by atoms with Crippen molar-refractivity contribution < 1.29 is 4.52 Å². The molecule has 0 amide bonds. The van der Waals surface area contributed by atoms with Crippen molar-refractivity contribution in [2.75, 3.05) is 5.73 Å². The Morgan fingerprint density at radius 2 is 1.81 bits per heavy atom. The highest BCUT2D eigenvalue weighted by atomic mass is 16.5. The van der Waals surface area contributed by atoms with Gasteiger partial charge in [0.15, 0.2) is 0 Å². The van der Waals surface area contributed by atoms with Crippen LogP contribution in [-0.2, 0) is 12.8 Å². The SMILES string of the molecule is Cc1cccc(-c2noc(CCc3ccc(N)cc3)n2)n1. The van der Waals surface area contributed by atoms with Crippen molar-refractivity contribution in [2.24, 2.45) is 0 Å². The molecule has 2 N–H and O–H groups in total. The molecule has 0 radical (unpaired) electrons. The summed E-state index contributed by atoms with van der Waals surface area (Å²) in [4.78, 5) is 8.78. The number of benzene rings is 1. The van der Waals surface area contributed by atoms with E-state index in [1.807, 2.05) is 49.4 Å². The predicted molar refractivity (Wildman–Crippen MR) is 80.5 cm³/mol. The third-order valence-corrected chi connectivity index (χ3v) is 3.19. The summed E-state index contributed by atoms with van der Waals surface area (Å²) in [7, 11) is 0. The molecule has 2 aromatic heterocycles. The van der Waals surface area contributed by atoms with Crippen LogP contribution in [-0.4, -0.2) is 15.1 Å². The molecule has 0 aliphatic carbocycles. The molecule has 2 heterocycles. The summed E-state index contributed by atoms with van der Waals surface area (Å²) in [6.07, 6.45) is 1.53. The standard InChI is InChI=1S/C16H16N4O/c1-11-3-2-4-14(18-11)16-19-15(21-20-16)10-7-12-5-8-13(17)9-6-12/h2-6,8-9H,7,10,17H2,1H3. The van der Waals surface area contributed by atoms with Gasteiger partial charge in [-0.1, -0.05) is 23.4 Å². The molecule has 106 valence electrons. The molecular formula is C16H16N4O. The molecule has 0 fully saturated rings. The third kappa shape index (κ3) is 3.25. The van der Waals surface area contributed by atoms with Crippen LogP contribution in [0.4, 0.5) is 5.69 Å². The van der Waals surface area contributed by atoms with Crippen LogP contribution in [0.5, 0.6) is 0 Å². The van der Waals surface area contributed by atoms with Crippen LogP contribution in [0, 0.1) is 6.92 Å². The first-order valence-corrected chi connectivity index (χ1v) is 6.82. The van der Waals surface area contributed by atoms with E-state index >= 15 is 0 Å². The lowest BCUT2D eigenvalue weighted by atomic mass is 10.1. The van der Waals surface area contributed by atoms with E-state index < -0.39 is 0 Å². The van der Waals surface area contributed by atoms with E-state index in [2.05, 4.69) is 15.1 Å². The van der Waals surface area contributed by atoms with Crippen LogP contribution in [0.15, 0.2) is 47.0 Å². The minimum absolute atomic E-state index is 0.533. The molecule has 3 aromatic rings. The van der Waals surface area contributed by atoms with Gasteiger partial charge in [-0.05, 0) is 43.2 Å². The number of hydrogen-bond acceptors (Lipinski definition) is 5. The van der Waals surface area contributed by atoms with Crippen molar-refractivity contribution in [3.05, 3.63) is 59.6 Å². The maximum atomic E-state index is 5.67. The maximum absolute atomic E-state index is 5.67. The fraction of sp³-hybridized carbons (Fsp3) is 0.188. The smallest absolute Gasteiger partial charge is 0.227 e. The van der Waals surface area contributed by atoms with Crippen molar-refractivity contribution >= 4 is 5.69 Å². The lowest BCUT2D eigenvalue weighted by Crippen LogP contribution is -1.93. The molecule has 0 bridgehead atoms. The highest BCUT2D eigenvalue weighted by Gasteiger charge is 2.09. The van der Waals surface area contributed by atoms with Gasteiger partial charge in [0.2, 0.25) is 11.7 Å². The average molecular weight is 280 g/mol. The number of hydrogen-bond donors (Lipinski definition) is 1. The van der Waals surface area contributed by atoms with Gasteiger partial charge >= 0.3 is 0 Å². The van der Waals surface area contributed by atoms with Crippen LogP contribution in [0.3, 0.4) is 0 Å². The number of aryl methyl sites for hydroxylation is 3. The zero-order valence-electron chi connectivity index (χ0n) is 11.8. The molecular weight excluding hydrogens is 264 g/mol. The highest BCUT2D eigenvalue weighted by Crippen LogP contribution is 2.15. The number of nitrogens with zero attached hydrogens (tertiary/aromatic N) is 3. The minimum atomic E-state index is 0.533. The molecule has 0 atom stereocenters. The Balaban J connectivity index is 1.69. The largest absolute Gasteiger partial charge is 0.399 e. The summed E-state index contributed by atoms with van der Waals surface area (Å²) in [6.45, 7) is 1.94. The molecule has 21 heavy (non-hydrogen) atoms. The van der Waals surface area contributed by atoms with Gasteiger partial charge in [0.1, 0.15) is 5.69 Å². The zero-order chi connectivity index (χ0) is 14.7. The Morgan fingerprint density at radius 3 is 2.57 bits per heavy atom. The second-order valence-corrected chi connectivity index (χ2v) is 4.92. The molecule has 0 spiro atoms. The average Bonchev–Trinajstić information content (AvgIpc) is 2.96. The lowest BCUT2D eigenvalue weighted by Gasteiger charge is -1.98. The maximum Gasteiger partial charge on any atom is 0.227 e. The van der Waals surface area contributed by atoms with Crippen LogP contribution < -0.4 is 5.73 Å². The summed E-state index contributed by atoms with van der Waals surface area (Å²) in [6, 6.07) is 13.6. The van der Waals surface area contributed by atoms with E-state index in [9.17, 15) is 0 Å². The van der Waals surface area contributed by atoms with Gasteiger partial charge < -0.3 is 10.3 Å². The number of rotatable bonds is 4. The molecule has 5 heteroatoms. The molecule has 1 aromatic carbocycles. The van der Waals surface area contributed by atoms with Crippen molar-refractivity contribution in [2.45, 2.75) is 19.8 Å². The van der Waals surface area contributed by atoms with E-state index in [1.165, 1.54) is 5.56 Å². The van der Waals surface area contributed by atoms with Crippen LogP contribution in [0.2, 0.25) is 0 Å². The van der Waals surface area contributed by atoms with Gasteiger partial charge in [-0.25, -0.2) is 4.98 Å². The lowest BCUT2D eigenvalue weighted by molar-refractivity contribution is 0.379. The first-order chi connectivity index (χ1) is 10.2. The van der Waals surface area contributed by atoms with Gasteiger partial charge in [-0.3, -0.25) is 0 Å². The zero-order valence-corrected chi connectivity index (χ0v) is 11.8. The number of anilines is 1. The van der Waals surface area contributed by atoms with Crippen LogP contribution >= 0.6 is 0 Å². The van der Waals surface area contributed by atoms with Crippen LogP contribution in [0.25, 0.3) is 11.5 Å². The topological polar surface area (TPSA) is 77.8 Å². The molecule has 0 unspecified atom stereocenters. The molecule has 0 aliphatic heterocycles. The Morgan fingerprint density at radius 1 is 1.00 bits per heavy atom. The molecule has 0 aliphatic rings. The second kappa shape index (κ2) is 5.75. The normalized spacial score (nSPS) is 10.7. The van der Waals surface area contributed by atoms with Crippen LogP contribution in [0.1, 0.15) is 17.1 Å². The van der Waals surface area contributed by atoms with Gasteiger partial charge in [0.05, 0.1) is 0 Å². The number of nitrogen functional groups attached to an aromatic ring is 1. The van der Waals surface area contributed by atoms with Gasteiger partial charge in [-0.2, -0.15) is 4.98 Å². The number of pyridine rings is 1. The Labute approximate surface area is 122 Å². The Bertz CT molecular complexity index is 734. The highest BCUT2D eigenvalue weighted by molar-refractivity contribution is 5.48. The van der Waals surface area contributed by atoms with Crippen molar-refractivity contribution in [1.82, 2.24) is 15.1 Å². The summed E-state index contributed by atoms with van der Waals surface area (Å²) >= 11 is 0. The van der Waals surface area contributed by atoms with E-state index in [0.29, 0.717) is 18.1 Å². The quantitative estimate of drug-likeness (QED) is 0.743. The predicted octanol–water partition coefficient (Wildman–Crippen LogP) is 2.81. The van der Waals surface area contributed by atoms with E-state index in [4.69, 9.17) is 10.3 Å².